The Labute approximate surface area is 89.6 Å². The number of carbonyl (C=O) groups is 1. The maximum atomic E-state index is 11.5. The summed E-state index contributed by atoms with van der Waals surface area (Å²) >= 11 is 3.24. The van der Waals surface area contributed by atoms with Crippen molar-refractivity contribution in [1.29, 1.82) is 0 Å². The number of hydrogen-bond acceptors (Lipinski definition) is 3. The summed E-state index contributed by atoms with van der Waals surface area (Å²) in [4.78, 5) is 15.6. The summed E-state index contributed by atoms with van der Waals surface area (Å²) < 4.78 is 7.50. The van der Waals surface area contributed by atoms with Crippen LogP contribution in [-0.2, 0) is 11.3 Å². The Morgan fingerprint density at radius 2 is 2.64 bits per heavy atom. The lowest BCUT2D eigenvalue weighted by atomic mass is 10.2. The second-order valence-corrected chi connectivity index (χ2v) is 3.98. The minimum atomic E-state index is -0.149. The Balaban J connectivity index is 2.24. The zero-order valence-corrected chi connectivity index (χ0v) is 9.24. The van der Waals surface area contributed by atoms with E-state index < -0.39 is 0 Å². The number of methoxy groups -OCH3 is 1. The lowest BCUT2D eigenvalue weighted by Crippen LogP contribution is -2.46. The standard InChI is InChI=1S/C8H10BrN3O2/c1-14-4-5-2-12-3-6(9)11-7(12)8(13)10-5/h3,5H,2,4H2,1H3,(H,10,13)/t5-/m1/s1. The second kappa shape index (κ2) is 3.70. The first-order valence-corrected chi connectivity index (χ1v) is 5.02. The van der Waals surface area contributed by atoms with E-state index in [2.05, 4.69) is 26.2 Å². The van der Waals surface area contributed by atoms with Crippen molar-refractivity contribution in [2.24, 2.45) is 0 Å². The number of halogens is 1. The molecule has 5 nitrogen and oxygen atoms in total. The highest BCUT2D eigenvalue weighted by molar-refractivity contribution is 9.10. The van der Waals surface area contributed by atoms with E-state index >= 15 is 0 Å². The van der Waals surface area contributed by atoms with E-state index in [1.807, 2.05) is 4.57 Å². The molecule has 2 heterocycles. The third kappa shape index (κ3) is 1.67. The van der Waals surface area contributed by atoms with E-state index in [-0.39, 0.29) is 11.9 Å². The number of fused-ring (bicyclic) bond motifs is 1. The van der Waals surface area contributed by atoms with Gasteiger partial charge in [-0.15, -0.1) is 0 Å². The molecule has 0 aromatic carbocycles. The molecule has 0 spiro atoms. The number of nitrogens with one attached hydrogen (secondary N) is 1. The zero-order chi connectivity index (χ0) is 10.1. The molecular formula is C8H10BrN3O2. The zero-order valence-electron chi connectivity index (χ0n) is 7.66. The molecule has 0 aliphatic carbocycles. The van der Waals surface area contributed by atoms with Gasteiger partial charge in [0.1, 0.15) is 4.60 Å². The summed E-state index contributed by atoms with van der Waals surface area (Å²) in [5, 5.41) is 2.82. The van der Waals surface area contributed by atoms with Gasteiger partial charge in [-0.2, -0.15) is 0 Å². The Hall–Kier alpha value is -0.880. The lowest BCUT2D eigenvalue weighted by Gasteiger charge is -2.23. The van der Waals surface area contributed by atoms with Gasteiger partial charge in [0, 0.05) is 19.9 Å². The first-order chi connectivity index (χ1) is 6.70. The number of carbonyl (C=O) groups excluding carboxylic acids is 1. The van der Waals surface area contributed by atoms with Crippen molar-refractivity contribution in [2.45, 2.75) is 12.6 Å². The van der Waals surface area contributed by atoms with Crippen molar-refractivity contribution in [2.75, 3.05) is 13.7 Å². The maximum absolute atomic E-state index is 11.5. The second-order valence-electron chi connectivity index (χ2n) is 3.17. The third-order valence-corrected chi connectivity index (χ3v) is 2.45. The highest BCUT2D eigenvalue weighted by Crippen LogP contribution is 2.14. The number of nitrogens with zero attached hydrogens (tertiary/aromatic N) is 2. The normalized spacial score (nSPS) is 20.4. The van der Waals surface area contributed by atoms with E-state index in [9.17, 15) is 4.79 Å². The number of rotatable bonds is 2. The average Bonchev–Trinajstić information content (AvgIpc) is 2.47. The minimum Gasteiger partial charge on any atom is -0.382 e. The number of ether oxygens (including phenoxy) is 1. The van der Waals surface area contributed by atoms with Crippen LogP contribution in [0.25, 0.3) is 0 Å². The summed E-state index contributed by atoms with van der Waals surface area (Å²) in [6.45, 7) is 1.22. The van der Waals surface area contributed by atoms with Crippen LogP contribution in [-0.4, -0.2) is 35.2 Å². The van der Waals surface area contributed by atoms with Gasteiger partial charge in [-0.25, -0.2) is 4.98 Å². The molecule has 1 atom stereocenters. The summed E-state index contributed by atoms with van der Waals surface area (Å²) in [5.41, 5.74) is 0. The molecule has 1 aliphatic heterocycles. The van der Waals surface area contributed by atoms with Gasteiger partial charge in [-0.3, -0.25) is 4.79 Å². The van der Waals surface area contributed by atoms with Crippen LogP contribution in [0.3, 0.4) is 0 Å². The molecule has 0 saturated heterocycles. The largest absolute Gasteiger partial charge is 0.382 e. The quantitative estimate of drug-likeness (QED) is 0.837. The van der Waals surface area contributed by atoms with Gasteiger partial charge in [0.25, 0.3) is 5.91 Å². The molecule has 0 bridgehead atoms. The summed E-state index contributed by atoms with van der Waals surface area (Å²) in [6, 6.07) is 0.0288. The summed E-state index contributed by atoms with van der Waals surface area (Å²) in [7, 11) is 1.62. The first-order valence-electron chi connectivity index (χ1n) is 4.23. The van der Waals surface area contributed by atoms with Gasteiger partial charge in [-0.1, -0.05) is 0 Å². The molecule has 0 fully saturated rings. The highest BCUT2D eigenvalue weighted by atomic mass is 79.9. The molecular weight excluding hydrogens is 250 g/mol. The van der Waals surface area contributed by atoms with Crippen molar-refractivity contribution in [1.82, 2.24) is 14.9 Å². The molecule has 1 aromatic rings. The van der Waals surface area contributed by atoms with Crippen molar-refractivity contribution < 1.29 is 9.53 Å². The van der Waals surface area contributed by atoms with Crippen LogP contribution in [0.5, 0.6) is 0 Å². The van der Waals surface area contributed by atoms with Crippen LogP contribution in [0.4, 0.5) is 0 Å². The van der Waals surface area contributed by atoms with E-state index in [1.165, 1.54) is 0 Å². The summed E-state index contributed by atoms with van der Waals surface area (Å²) in [5.74, 6) is 0.299. The monoisotopic (exact) mass is 259 g/mol. The van der Waals surface area contributed by atoms with Crippen LogP contribution in [0, 0.1) is 0 Å². The fraction of sp³-hybridized carbons (Fsp3) is 0.500. The Bertz CT molecular complexity index is 363. The Morgan fingerprint density at radius 1 is 1.86 bits per heavy atom. The van der Waals surface area contributed by atoms with Gasteiger partial charge >= 0.3 is 0 Å². The van der Waals surface area contributed by atoms with Gasteiger partial charge in [0.05, 0.1) is 12.6 Å². The van der Waals surface area contributed by atoms with Crippen molar-refractivity contribution in [3.05, 3.63) is 16.6 Å². The molecule has 0 unspecified atom stereocenters. The molecule has 1 N–H and O–H groups in total. The van der Waals surface area contributed by atoms with E-state index in [1.54, 1.807) is 13.3 Å². The van der Waals surface area contributed by atoms with Crippen molar-refractivity contribution in [3.8, 4) is 0 Å². The van der Waals surface area contributed by atoms with Crippen LogP contribution in [0.15, 0.2) is 10.8 Å². The minimum absolute atomic E-state index is 0.0288. The molecule has 2 rings (SSSR count). The molecule has 14 heavy (non-hydrogen) atoms. The van der Waals surface area contributed by atoms with E-state index in [0.717, 1.165) is 0 Å². The SMILES string of the molecule is COC[C@H]1Cn2cc(Br)nc2C(=O)N1. The smallest absolute Gasteiger partial charge is 0.287 e. The van der Waals surface area contributed by atoms with E-state index in [0.29, 0.717) is 23.6 Å². The van der Waals surface area contributed by atoms with Crippen LogP contribution >= 0.6 is 15.9 Å². The van der Waals surface area contributed by atoms with Crippen LogP contribution in [0.2, 0.25) is 0 Å². The fourth-order valence-corrected chi connectivity index (χ4v) is 1.95. The molecule has 6 heteroatoms. The first kappa shape index (κ1) is 9.67. The lowest BCUT2D eigenvalue weighted by molar-refractivity contribution is 0.0833. The van der Waals surface area contributed by atoms with Crippen molar-refractivity contribution in [3.63, 3.8) is 0 Å². The average molecular weight is 260 g/mol. The predicted octanol–water partition coefficient (Wildman–Crippen LogP) is 0.404. The third-order valence-electron chi connectivity index (χ3n) is 2.07. The molecule has 76 valence electrons. The topological polar surface area (TPSA) is 56.2 Å². The van der Waals surface area contributed by atoms with Gasteiger partial charge in [0.15, 0.2) is 5.82 Å². The molecule has 1 amide bonds. The number of imidazole rings is 1. The highest BCUT2D eigenvalue weighted by Gasteiger charge is 2.25. The van der Waals surface area contributed by atoms with Gasteiger partial charge in [0.2, 0.25) is 0 Å². The molecule has 1 aliphatic rings. The number of aromatic nitrogens is 2. The van der Waals surface area contributed by atoms with Crippen molar-refractivity contribution >= 4 is 21.8 Å². The van der Waals surface area contributed by atoms with Crippen LogP contribution in [0.1, 0.15) is 10.6 Å². The maximum Gasteiger partial charge on any atom is 0.287 e. The Kier molecular flexibility index (Phi) is 2.56. The van der Waals surface area contributed by atoms with E-state index in [4.69, 9.17) is 4.74 Å². The Morgan fingerprint density at radius 3 is 3.36 bits per heavy atom. The van der Waals surface area contributed by atoms with Crippen LogP contribution < -0.4 is 5.32 Å². The summed E-state index contributed by atoms with van der Waals surface area (Å²) in [6.07, 6.45) is 1.80. The van der Waals surface area contributed by atoms with Gasteiger partial charge in [-0.05, 0) is 15.9 Å². The fourth-order valence-electron chi connectivity index (χ4n) is 1.53. The number of amides is 1. The van der Waals surface area contributed by atoms with Gasteiger partial charge < -0.3 is 14.6 Å². The molecule has 1 aromatic heterocycles. The number of hydrogen-bond donors (Lipinski definition) is 1. The predicted molar refractivity (Wildman–Crippen MR) is 53.1 cm³/mol. The molecule has 0 saturated carbocycles. The molecule has 0 radical (unpaired) electrons.